The van der Waals surface area contributed by atoms with Gasteiger partial charge in [0.25, 0.3) is 0 Å². The summed E-state index contributed by atoms with van der Waals surface area (Å²) in [6.45, 7) is 2.60. The number of carboxylic acid groups (broad SMARTS) is 2. The van der Waals surface area contributed by atoms with Crippen molar-refractivity contribution >= 4 is 65.2 Å². The van der Waals surface area contributed by atoms with E-state index in [4.69, 9.17) is 15.2 Å². The van der Waals surface area contributed by atoms with Crippen molar-refractivity contribution in [3.8, 4) is 0 Å². The number of carbonyl (C=O) groups is 8. The number of thioether (sulfide) groups is 1. The number of amides is 4. The number of aliphatic carboxylic acids is 2. The number of esters is 1. The van der Waals surface area contributed by atoms with Gasteiger partial charge in [-0.15, -0.1) is 0 Å². The Labute approximate surface area is 369 Å². The van der Waals surface area contributed by atoms with Crippen molar-refractivity contribution in [2.24, 2.45) is 10.7 Å². The number of benzene rings is 2. The van der Waals surface area contributed by atoms with Gasteiger partial charge in [0.15, 0.2) is 18.3 Å². The van der Waals surface area contributed by atoms with Gasteiger partial charge in [-0.2, -0.15) is 11.8 Å². The Kier molecular flexibility index (Phi) is 19.7. The van der Waals surface area contributed by atoms with Crippen LogP contribution in [-0.4, -0.2) is 118 Å². The Bertz CT molecular complexity index is 1960. The predicted octanol–water partition coefficient (Wildman–Crippen LogP) is 2.25. The topological polar surface area (TPSA) is 294 Å². The number of fused-ring (bicyclic) bond motifs is 1. The molecule has 6 atom stereocenters. The van der Waals surface area contributed by atoms with Gasteiger partial charge in [-0.05, 0) is 69.1 Å². The number of carboxylic acids is 2. The monoisotopic (exact) mass is 895 g/mol. The Balaban J connectivity index is 1.37. The van der Waals surface area contributed by atoms with Crippen LogP contribution in [0.3, 0.4) is 0 Å². The first-order chi connectivity index (χ1) is 30.1. The van der Waals surface area contributed by atoms with Gasteiger partial charge >= 0.3 is 24.0 Å². The fourth-order valence-corrected chi connectivity index (χ4v) is 8.69. The molecular formula is C43H57N7O12S. The first kappa shape index (κ1) is 49.5. The molecule has 0 aliphatic carbocycles. The molecule has 2 aromatic rings. The van der Waals surface area contributed by atoms with E-state index in [2.05, 4.69) is 31.6 Å². The number of nitrogens with one attached hydrogen (secondary N) is 5. The van der Waals surface area contributed by atoms with E-state index in [1.54, 1.807) is 62.4 Å². The number of aliphatic imine (C=N–C) groups is 1. The standard InChI is InChI=1S/C43H57N7O12S/c1-25-11-10-12-26(2)37(25)41(59)61-23-32(51)30(21-36(55)56)47-39(57)28(46-40(58)29(18-19-35(53)54)49-43(60)62-22-27-13-4-3-5-14-27)15-8-9-20-45-34(52)17-7-6-16-33-38-31(24-63-33)48-42(44)50-38/h3-5,10-14,28-31,33,38H,6-9,15-24H2,1-2H3,(H,45,52)(H,46,58)(H,47,57)(H,49,60)(H,53,54)(H,55,56)(H3,44,48,50)/t28-,29-,30-,31-,33-,38-/m0/s1. The molecule has 2 aromatic carbocycles. The maximum Gasteiger partial charge on any atom is 0.408 e. The normalized spacial score (nSPS) is 17.7. The summed E-state index contributed by atoms with van der Waals surface area (Å²) in [5.74, 6) is -5.12. The molecular weight excluding hydrogens is 839 g/mol. The number of ether oxygens (including phenoxy) is 2. The third-order valence-electron chi connectivity index (χ3n) is 10.5. The van der Waals surface area contributed by atoms with Crippen LogP contribution in [0.15, 0.2) is 53.5 Å². The number of guanidine groups is 1. The largest absolute Gasteiger partial charge is 0.481 e. The Morgan fingerprint density at radius 3 is 2.17 bits per heavy atom. The molecule has 63 heavy (non-hydrogen) atoms. The maximum absolute atomic E-state index is 13.8. The molecule has 0 unspecified atom stereocenters. The molecule has 4 amide bonds. The van der Waals surface area contributed by atoms with Gasteiger partial charge in [-0.1, -0.05) is 55.0 Å². The van der Waals surface area contributed by atoms with E-state index in [9.17, 15) is 48.6 Å². The summed E-state index contributed by atoms with van der Waals surface area (Å²) < 4.78 is 10.4. The predicted molar refractivity (Wildman–Crippen MR) is 232 cm³/mol. The fourth-order valence-electron chi connectivity index (χ4n) is 7.17. The van der Waals surface area contributed by atoms with Crippen LogP contribution in [-0.2, 0) is 44.8 Å². The molecule has 4 rings (SSSR count). The minimum absolute atomic E-state index is 0.0733. The summed E-state index contributed by atoms with van der Waals surface area (Å²) in [6, 6.07) is 9.60. The molecule has 20 heteroatoms. The van der Waals surface area contributed by atoms with Crippen LogP contribution in [0.2, 0.25) is 0 Å². The van der Waals surface area contributed by atoms with Crippen molar-refractivity contribution in [3.63, 3.8) is 0 Å². The molecule has 2 heterocycles. The molecule has 0 bridgehead atoms. The van der Waals surface area contributed by atoms with E-state index >= 15 is 0 Å². The highest BCUT2D eigenvalue weighted by Crippen LogP contribution is 2.35. The summed E-state index contributed by atoms with van der Waals surface area (Å²) in [5, 5.41) is 32.6. The third kappa shape index (κ3) is 16.6. The number of nitrogens with two attached hydrogens (primary N) is 1. The van der Waals surface area contributed by atoms with E-state index in [-0.39, 0.29) is 56.0 Å². The van der Waals surface area contributed by atoms with Gasteiger partial charge in [0, 0.05) is 30.4 Å². The third-order valence-corrected chi connectivity index (χ3v) is 12.0. The number of ketones is 1. The number of carbonyl (C=O) groups excluding carboxylic acids is 6. The van der Waals surface area contributed by atoms with Crippen LogP contribution in [0.5, 0.6) is 0 Å². The summed E-state index contributed by atoms with van der Waals surface area (Å²) >= 11 is 1.85. The molecule has 2 aliphatic heterocycles. The van der Waals surface area contributed by atoms with Gasteiger partial charge in [0.1, 0.15) is 24.7 Å². The molecule has 2 aliphatic rings. The van der Waals surface area contributed by atoms with Gasteiger partial charge in [0.05, 0.1) is 24.1 Å². The molecule has 0 saturated carbocycles. The smallest absolute Gasteiger partial charge is 0.408 e. The van der Waals surface area contributed by atoms with Crippen LogP contribution in [0, 0.1) is 13.8 Å². The number of hydrogen-bond acceptors (Lipinski definition) is 14. The molecule has 0 aromatic heterocycles. The summed E-state index contributed by atoms with van der Waals surface area (Å²) in [4.78, 5) is 107. The van der Waals surface area contributed by atoms with Gasteiger partial charge < -0.3 is 52.0 Å². The Morgan fingerprint density at radius 2 is 1.49 bits per heavy atom. The highest BCUT2D eigenvalue weighted by molar-refractivity contribution is 8.00. The van der Waals surface area contributed by atoms with Crippen molar-refractivity contribution in [1.82, 2.24) is 26.6 Å². The molecule has 0 spiro atoms. The second-order valence-electron chi connectivity index (χ2n) is 15.4. The van der Waals surface area contributed by atoms with Gasteiger partial charge in [-0.3, -0.25) is 28.8 Å². The van der Waals surface area contributed by atoms with Crippen LogP contribution in [0.25, 0.3) is 0 Å². The minimum atomic E-state index is -1.68. The van der Waals surface area contributed by atoms with Crippen LogP contribution < -0.4 is 32.3 Å². The van der Waals surface area contributed by atoms with E-state index in [1.165, 1.54) is 0 Å². The number of rotatable bonds is 26. The molecule has 1 fully saturated rings. The van der Waals surface area contributed by atoms with E-state index < -0.39 is 79.2 Å². The second-order valence-corrected chi connectivity index (χ2v) is 16.7. The number of alkyl carbamates (subject to hydrolysis) is 1. The second kappa shape index (κ2) is 25.1. The van der Waals surface area contributed by atoms with Crippen molar-refractivity contribution in [2.75, 3.05) is 18.9 Å². The van der Waals surface area contributed by atoms with Gasteiger partial charge in [0.2, 0.25) is 17.7 Å². The Morgan fingerprint density at radius 1 is 0.810 bits per heavy atom. The molecule has 342 valence electrons. The van der Waals surface area contributed by atoms with Crippen molar-refractivity contribution in [1.29, 1.82) is 0 Å². The van der Waals surface area contributed by atoms with Crippen molar-refractivity contribution < 1.29 is 58.0 Å². The number of hydrogen-bond donors (Lipinski definition) is 8. The molecule has 1 saturated heterocycles. The first-order valence-corrected chi connectivity index (χ1v) is 21.9. The first-order valence-electron chi connectivity index (χ1n) is 20.9. The number of unbranched alkanes of at least 4 members (excludes halogenated alkanes) is 2. The lowest BCUT2D eigenvalue weighted by molar-refractivity contribution is -0.141. The molecule has 0 radical (unpaired) electrons. The number of Topliss-reactive ketones (excluding diaryl/α,β-unsaturated/α-hetero) is 1. The zero-order chi connectivity index (χ0) is 45.9. The highest BCUT2D eigenvalue weighted by atomic mass is 32.2. The average molecular weight is 896 g/mol. The van der Waals surface area contributed by atoms with Crippen LogP contribution >= 0.6 is 11.8 Å². The summed E-state index contributed by atoms with van der Waals surface area (Å²) in [5.41, 5.74) is 7.89. The zero-order valence-corrected chi connectivity index (χ0v) is 36.2. The zero-order valence-electron chi connectivity index (χ0n) is 35.4. The SMILES string of the molecule is Cc1cccc(C)c1C(=O)OCC(=O)[C@H](CC(=O)O)NC(=O)[C@H](CCCCNC(=O)CCCC[C@@H]1SC[C@@H]2NC(N)=N[C@@H]21)NC(=O)[C@H](CCC(=O)O)NC(=O)OCc1ccccc1. The van der Waals surface area contributed by atoms with Crippen molar-refractivity contribution in [3.05, 3.63) is 70.8 Å². The lowest BCUT2D eigenvalue weighted by Crippen LogP contribution is -2.56. The minimum Gasteiger partial charge on any atom is -0.481 e. The van der Waals surface area contributed by atoms with E-state index in [0.29, 0.717) is 47.2 Å². The number of aryl methyl sites for hydroxylation is 2. The van der Waals surface area contributed by atoms with E-state index in [0.717, 1.165) is 18.6 Å². The quantitative estimate of drug-likeness (QED) is 0.0496. The lowest BCUT2D eigenvalue weighted by atomic mass is 10.0. The fraction of sp³-hybridized carbons (Fsp3) is 0.512. The number of nitrogens with zero attached hydrogens (tertiary/aromatic N) is 1. The van der Waals surface area contributed by atoms with Gasteiger partial charge in [-0.25, -0.2) is 14.6 Å². The van der Waals surface area contributed by atoms with Crippen LogP contribution in [0.4, 0.5) is 4.79 Å². The summed E-state index contributed by atoms with van der Waals surface area (Å²) in [6.07, 6.45) is 0.447. The molecule has 9 N–H and O–H groups in total. The lowest BCUT2D eigenvalue weighted by Gasteiger charge is -2.25. The van der Waals surface area contributed by atoms with Crippen LogP contribution in [0.1, 0.15) is 91.3 Å². The Hall–Kier alpha value is -6.18. The molecule has 19 nitrogen and oxygen atoms in total. The average Bonchev–Trinajstić information content (AvgIpc) is 3.80. The maximum atomic E-state index is 13.8. The van der Waals surface area contributed by atoms with Crippen molar-refractivity contribution in [2.45, 2.75) is 120 Å². The highest BCUT2D eigenvalue weighted by Gasteiger charge is 2.40. The summed E-state index contributed by atoms with van der Waals surface area (Å²) in [7, 11) is 0. The van der Waals surface area contributed by atoms with E-state index in [1.807, 2.05) is 11.8 Å².